The molecule has 1 rings (SSSR count). The zero-order valence-electron chi connectivity index (χ0n) is 9.20. The fourth-order valence-corrected chi connectivity index (χ4v) is 1.25. The average Bonchev–Trinajstić information content (AvgIpc) is 2.63. The Morgan fingerprint density at radius 1 is 1.67 bits per heavy atom. The van der Waals surface area contributed by atoms with Gasteiger partial charge >= 0.3 is 0 Å². The molecule has 0 radical (unpaired) electrons. The first-order chi connectivity index (χ1) is 7.27. The first kappa shape index (κ1) is 11.5. The maximum atomic E-state index is 5.29. The summed E-state index contributed by atoms with van der Waals surface area (Å²) in [5, 5.41) is 7.10. The van der Waals surface area contributed by atoms with Crippen LogP contribution in [0, 0.1) is 0 Å². The van der Waals surface area contributed by atoms with Gasteiger partial charge in [-0.2, -0.15) is 5.10 Å². The Bertz CT molecular complexity index is 316. The van der Waals surface area contributed by atoms with Gasteiger partial charge in [-0.3, -0.25) is 15.1 Å². The Labute approximate surface area is 89.5 Å². The lowest BCUT2D eigenvalue weighted by molar-refractivity contribution is 0.704. The normalized spacial score (nSPS) is 11.5. The van der Waals surface area contributed by atoms with Crippen LogP contribution in [-0.2, 0) is 13.5 Å². The highest BCUT2D eigenvalue weighted by Crippen LogP contribution is 1.97. The van der Waals surface area contributed by atoms with Crippen LogP contribution in [0.15, 0.2) is 17.3 Å². The van der Waals surface area contributed by atoms with Gasteiger partial charge < -0.3 is 5.32 Å². The molecule has 0 amide bonds. The number of hydrazine groups is 1. The molecule has 15 heavy (non-hydrogen) atoms. The third-order valence-electron chi connectivity index (χ3n) is 2.04. The molecule has 0 atom stereocenters. The lowest BCUT2D eigenvalue weighted by Gasteiger charge is -2.06. The number of aromatic nitrogens is 2. The van der Waals surface area contributed by atoms with Gasteiger partial charge in [0.15, 0.2) is 0 Å². The van der Waals surface area contributed by atoms with Crippen molar-refractivity contribution in [2.45, 2.75) is 13.3 Å². The zero-order valence-corrected chi connectivity index (χ0v) is 9.20. The third kappa shape index (κ3) is 3.59. The monoisotopic (exact) mass is 210 g/mol. The topological polar surface area (TPSA) is 80.3 Å². The molecule has 0 aromatic carbocycles. The molecular formula is C9H18N6. The van der Waals surface area contributed by atoms with Crippen molar-refractivity contribution in [1.29, 1.82) is 0 Å². The first-order valence-electron chi connectivity index (χ1n) is 4.99. The summed E-state index contributed by atoms with van der Waals surface area (Å²) < 4.78 is 1.85. The number of aliphatic imine (C=N–C) groups is 1. The van der Waals surface area contributed by atoms with Crippen LogP contribution in [0.2, 0.25) is 0 Å². The van der Waals surface area contributed by atoms with Crippen LogP contribution in [0.5, 0.6) is 0 Å². The maximum Gasteiger partial charge on any atom is 0.205 e. The molecule has 0 fully saturated rings. The van der Waals surface area contributed by atoms with Crippen LogP contribution in [0.25, 0.3) is 0 Å². The van der Waals surface area contributed by atoms with E-state index in [1.54, 1.807) is 6.20 Å². The molecule has 1 aromatic heterocycles. The van der Waals surface area contributed by atoms with Crippen molar-refractivity contribution in [3.8, 4) is 0 Å². The van der Waals surface area contributed by atoms with Crippen molar-refractivity contribution in [3.05, 3.63) is 18.0 Å². The lowest BCUT2D eigenvalue weighted by atomic mass is 10.3. The summed E-state index contributed by atoms with van der Waals surface area (Å²) >= 11 is 0. The number of guanidine groups is 1. The molecule has 1 aromatic rings. The predicted molar refractivity (Wildman–Crippen MR) is 60.2 cm³/mol. The number of rotatable bonds is 4. The van der Waals surface area contributed by atoms with Gasteiger partial charge in [-0.15, -0.1) is 0 Å². The van der Waals surface area contributed by atoms with Crippen molar-refractivity contribution >= 4 is 5.96 Å². The maximum absolute atomic E-state index is 5.29. The molecule has 0 aliphatic heterocycles. The number of nitrogens with one attached hydrogen (secondary N) is 2. The summed E-state index contributed by atoms with van der Waals surface area (Å²) in [6.07, 6.45) is 2.64. The van der Waals surface area contributed by atoms with Crippen LogP contribution in [-0.4, -0.2) is 28.8 Å². The average molecular weight is 210 g/mol. The SMILES string of the molecule is CCNC(=NCCc1ccnn1C)NN. The highest BCUT2D eigenvalue weighted by Gasteiger charge is 1.97. The zero-order chi connectivity index (χ0) is 11.1. The van der Waals surface area contributed by atoms with Gasteiger partial charge in [0.25, 0.3) is 0 Å². The van der Waals surface area contributed by atoms with E-state index in [9.17, 15) is 0 Å². The van der Waals surface area contributed by atoms with Crippen molar-refractivity contribution in [3.63, 3.8) is 0 Å². The van der Waals surface area contributed by atoms with E-state index in [4.69, 9.17) is 5.84 Å². The summed E-state index contributed by atoms with van der Waals surface area (Å²) in [5.74, 6) is 5.91. The van der Waals surface area contributed by atoms with E-state index in [1.165, 1.54) is 0 Å². The van der Waals surface area contributed by atoms with Gasteiger partial charge in [-0.1, -0.05) is 0 Å². The van der Waals surface area contributed by atoms with Gasteiger partial charge in [0.1, 0.15) is 0 Å². The smallest absolute Gasteiger partial charge is 0.205 e. The Kier molecular flexibility index (Phi) is 4.62. The van der Waals surface area contributed by atoms with Gasteiger partial charge in [-0.05, 0) is 13.0 Å². The number of nitrogens with two attached hydrogens (primary N) is 1. The quantitative estimate of drug-likeness (QED) is 0.268. The van der Waals surface area contributed by atoms with Crippen LogP contribution in [0.3, 0.4) is 0 Å². The van der Waals surface area contributed by atoms with E-state index in [-0.39, 0.29) is 0 Å². The highest BCUT2D eigenvalue weighted by atomic mass is 15.3. The molecule has 0 bridgehead atoms. The molecule has 0 saturated carbocycles. The molecule has 4 N–H and O–H groups in total. The van der Waals surface area contributed by atoms with Crippen molar-refractivity contribution in [2.24, 2.45) is 17.9 Å². The second kappa shape index (κ2) is 6.02. The molecule has 0 saturated heterocycles. The van der Waals surface area contributed by atoms with E-state index < -0.39 is 0 Å². The Hall–Kier alpha value is -1.56. The number of nitrogens with zero attached hydrogens (tertiary/aromatic N) is 3. The summed E-state index contributed by atoms with van der Waals surface area (Å²) in [4.78, 5) is 4.28. The lowest BCUT2D eigenvalue weighted by Crippen LogP contribution is -2.41. The van der Waals surface area contributed by atoms with E-state index in [0.29, 0.717) is 12.5 Å². The van der Waals surface area contributed by atoms with Gasteiger partial charge in [0.2, 0.25) is 5.96 Å². The molecule has 0 aliphatic carbocycles. The Balaban J connectivity index is 2.40. The molecular weight excluding hydrogens is 192 g/mol. The Morgan fingerprint density at radius 2 is 2.47 bits per heavy atom. The second-order valence-electron chi connectivity index (χ2n) is 3.10. The van der Waals surface area contributed by atoms with Crippen LogP contribution < -0.4 is 16.6 Å². The van der Waals surface area contributed by atoms with Crippen LogP contribution in [0.4, 0.5) is 0 Å². The minimum atomic E-state index is 0.625. The fourth-order valence-electron chi connectivity index (χ4n) is 1.25. The number of aryl methyl sites for hydroxylation is 1. The third-order valence-corrected chi connectivity index (χ3v) is 2.04. The fraction of sp³-hybridized carbons (Fsp3) is 0.556. The van der Waals surface area contributed by atoms with Gasteiger partial charge in [-0.25, -0.2) is 5.84 Å². The van der Waals surface area contributed by atoms with Crippen molar-refractivity contribution in [1.82, 2.24) is 20.5 Å². The summed E-state index contributed by atoms with van der Waals surface area (Å²) in [6.45, 7) is 3.48. The van der Waals surface area contributed by atoms with E-state index in [0.717, 1.165) is 18.7 Å². The molecule has 0 spiro atoms. The molecule has 6 nitrogen and oxygen atoms in total. The standard InChI is InChI=1S/C9H18N6/c1-3-11-9(14-10)12-6-4-8-5-7-13-15(8)2/h5,7H,3-4,6,10H2,1-2H3,(H2,11,12,14). The molecule has 1 heterocycles. The van der Waals surface area contributed by atoms with Crippen LogP contribution >= 0.6 is 0 Å². The highest BCUT2D eigenvalue weighted by molar-refractivity contribution is 5.79. The van der Waals surface area contributed by atoms with Crippen molar-refractivity contribution < 1.29 is 0 Å². The first-order valence-corrected chi connectivity index (χ1v) is 4.99. The van der Waals surface area contributed by atoms with Gasteiger partial charge in [0.05, 0.1) is 0 Å². The minimum absolute atomic E-state index is 0.625. The molecule has 0 unspecified atom stereocenters. The number of hydrogen-bond acceptors (Lipinski definition) is 3. The molecule has 0 aliphatic rings. The van der Waals surface area contributed by atoms with E-state index in [2.05, 4.69) is 20.8 Å². The summed E-state index contributed by atoms with van der Waals surface area (Å²) in [7, 11) is 1.92. The Morgan fingerprint density at radius 3 is 3.00 bits per heavy atom. The van der Waals surface area contributed by atoms with Gasteiger partial charge in [0, 0.05) is 38.4 Å². The second-order valence-corrected chi connectivity index (χ2v) is 3.10. The van der Waals surface area contributed by atoms with E-state index >= 15 is 0 Å². The van der Waals surface area contributed by atoms with Crippen LogP contribution in [0.1, 0.15) is 12.6 Å². The molecule has 6 heteroatoms. The minimum Gasteiger partial charge on any atom is -0.356 e. The summed E-state index contributed by atoms with van der Waals surface area (Å²) in [6, 6.07) is 1.98. The largest absolute Gasteiger partial charge is 0.356 e. The molecule has 84 valence electrons. The summed E-state index contributed by atoms with van der Waals surface area (Å²) in [5.41, 5.74) is 3.67. The predicted octanol–water partition coefficient (Wildman–Crippen LogP) is -0.609. The van der Waals surface area contributed by atoms with Crippen molar-refractivity contribution in [2.75, 3.05) is 13.1 Å². The number of hydrogen-bond donors (Lipinski definition) is 3. The van der Waals surface area contributed by atoms with E-state index in [1.807, 2.05) is 24.7 Å².